The second-order valence-electron chi connectivity index (χ2n) is 3.99. The number of hydrogen-bond donors (Lipinski definition) is 0. The number of para-hydroxylation sites is 1. The minimum absolute atomic E-state index is 0.0287. The van der Waals surface area contributed by atoms with Gasteiger partial charge in [0.25, 0.3) is 0 Å². The molecule has 0 radical (unpaired) electrons. The normalized spacial score (nSPS) is 17.1. The van der Waals surface area contributed by atoms with Crippen molar-refractivity contribution < 1.29 is 19.1 Å². The SMILES string of the molecule is CCCOc1ccccc1/C=C1\CC(=O)OC1=O. The first kappa shape index (κ1) is 12.4. The van der Waals surface area contributed by atoms with E-state index in [4.69, 9.17) is 4.74 Å². The van der Waals surface area contributed by atoms with Gasteiger partial charge in [-0.25, -0.2) is 4.79 Å². The van der Waals surface area contributed by atoms with Crippen LogP contribution in [0.3, 0.4) is 0 Å². The lowest BCUT2D eigenvalue weighted by molar-refractivity contribution is -0.151. The molecule has 1 aromatic carbocycles. The first-order valence-electron chi connectivity index (χ1n) is 5.88. The number of benzene rings is 1. The van der Waals surface area contributed by atoms with Crippen LogP contribution in [0.15, 0.2) is 29.8 Å². The van der Waals surface area contributed by atoms with E-state index in [2.05, 4.69) is 4.74 Å². The molecule has 0 aliphatic carbocycles. The fraction of sp³-hybridized carbons (Fsp3) is 0.286. The fourth-order valence-corrected chi connectivity index (χ4v) is 1.67. The maximum absolute atomic E-state index is 11.4. The summed E-state index contributed by atoms with van der Waals surface area (Å²) >= 11 is 0. The van der Waals surface area contributed by atoms with Crippen LogP contribution in [0.1, 0.15) is 25.3 Å². The predicted molar refractivity (Wildman–Crippen MR) is 65.9 cm³/mol. The van der Waals surface area contributed by atoms with Crippen molar-refractivity contribution in [2.24, 2.45) is 0 Å². The number of rotatable bonds is 4. The van der Waals surface area contributed by atoms with Gasteiger partial charge in [0.2, 0.25) is 0 Å². The van der Waals surface area contributed by atoms with Crippen molar-refractivity contribution in [3.8, 4) is 5.75 Å². The van der Waals surface area contributed by atoms with E-state index in [0.29, 0.717) is 17.9 Å². The van der Waals surface area contributed by atoms with E-state index in [1.54, 1.807) is 6.08 Å². The topological polar surface area (TPSA) is 52.6 Å². The molecule has 1 heterocycles. The summed E-state index contributed by atoms with van der Waals surface area (Å²) in [7, 11) is 0. The molecule has 4 heteroatoms. The first-order chi connectivity index (χ1) is 8.70. The Balaban J connectivity index is 2.25. The minimum atomic E-state index is -0.565. The lowest BCUT2D eigenvalue weighted by Gasteiger charge is -2.07. The van der Waals surface area contributed by atoms with Crippen LogP contribution in [0.25, 0.3) is 6.08 Å². The molecule has 0 amide bonds. The maximum Gasteiger partial charge on any atom is 0.342 e. The van der Waals surface area contributed by atoms with E-state index in [1.165, 1.54) is 0 Å². The molecule has 0 unspecified atom stereocenters. The Bertz CT molecular complexity index is 502. The summed E-state index contributed by atoms with van der Waals surface area (Å²) in [5, 5.41) is 0. The van der Waals surface area contributed by atoms with Gasteiger partial charge in [0.15, 0.2) is 0 Å². The molecule has 0 aromatic heterocycles. The highest BCUT2D eigenvalue weighted by atomic mass is 16.6. The van der Waals surface area contributed by atoms with Gasteiger partial charge >= 0.3 is 11.9 Å². The quantitative estimate of drug-likeness (QED) is 0.465. The van der Waals surface area contributed by atoms with Crippen molar-refractivity contribution in [1.29, 1.82) is 0 Å². The third kappa shape index (κ3) is 2.77. The van der Waals surface area contributed by atoms with Gasteiger partial charge in [-0.1, -0.05) is 25.1 Å². The van der Waals surface area contributed by atoms with Crippen molar-refractivity contribution >= 4 is 18.0 Å². The summed E-state index contributed by atoms with van der Waals surface area (Å²) < 4.78 is 10.1. The highest BCUT2D eigenvalue weighted by molar-refractivity contribution is 6.08. The fourth-order valence-electron chi connectivity index (χ4n) is 1.67. The summed E-state index contributed by atoms with van der Waals surface area (Å²) in [5.74, 6) is -0.359. The van der Waals surface area contributed by atoms with Crippen LogP contribution in [0.5, 0.6) is 5.75 Å². The molecule has 0 saturated carbocycles. The van der Waals surface area contributed by atoms with Crippen LogP contribution < -0.4 is 4.74 Å². The number of carbonyl (C=O) groups excluding carboxylic acids is 2. The van der Waals surface area contributed by atoms with E-state index in [0.717, 1.165) is 12.0 Å². The number of ether oxygens (including phenoxy) is 2. The molecule has 94 valence electrons. The Labute approximate surface area is 105 Å². The zero-order valence-corrected chi connectivity index (χ0v) is 10.1. The molecular formula is C14H14O4. The predicted octanol–water partition coefficient (Wildman–Crippen LogP) is 2.33. The Kier molecular flexibility index (Phi) is 3.77. The summed E-state index contributed by atoms with van der Waals surface area (Å²) in [4.78, 5) is 22.4. The van der Waals surface area contributed by atoms with Crippen LogP contribution in [-0.4, -0.2) is 18.5 Å². The third-order valence-corrected chi connectivity index (χ3v) is 2.51. The zero-order chi connectivity index (χ0) is 13.0. The van der Waals surface area contributed by atoms with E-state index in [9.17, 15) is 9.59 Å². The van der Waals surface area contributed by atoms with Crippen molar-refractivity contribution in [2.75, 3.05) is 6.61 Å². The van der Waals surface area contributed by atoms with E-state index in [1.807, 2.05) is 31.2 Å². The largest absolute Gasteiger partial charge is 0.493 e. The third-order valence-electron chi connectivity index (χ3n) is 2.51. The van der Waals surface area contributed by atoms with Gasteiger partial charge in [-0.3, -0.25) is 4.79 Å². The highest BCUT2D eigenvalue weighted by Crippen LogP contribution is 2.24. The Morgan fingerprint density at radius 2 is 2.11 bits per heavy atom. The summed E-state index contributed by atoms with van der Waals surface area (Å²) in [6.07, 6.45) is 2.59. The number of cyclic esters (lactones) is 2. The smallest absolute Gasteiger partial charge is 0.342 e. The van der Waals surface area contributed by atoms with E-state index >= 15 is 0 Å². The molecule has 1 aliphatic heterocycles. The molecule has 4 nitrogen and oxygen atoms in total. The highest BCUT2D eigenvalue weighted by Gasteiger charge is 2.27. The van der Waals surface area contributed by atoms with Crippen LogP contribution in [0.4, 0.5) is 0 Å². The van der Waals surface area contributed by atoms with Crippen LogP contribution >= 0.6 is 0 Å². The number of carbonyl (C=O) groups is 2. The van der Waals surface area contributed by atoms with Crippen molar-refractivity contribution in [3.05, 3.63) is 35.4 Å². The van der Waals surface area contributed by atoms with Crippen LogP contribution in [0.2, 0.25) is 0 Å². The molecule has 0 N–H and O–H groups in total. The molecule has 1 fully saturated rings. The number of esters is 2. The van der Waals surface area contributed by atoms with Gasteiger partial charge in [0, 0.05) is 11.1 Å². The second-order valence-corrected chi connectivity index (χ2v) is 3.99. The Hall–Kier alpha value is -2.10. The van der Waals surface area contributed by atoms with Crippen molar-refractivity contribution in [2.45, 2.75) is 19.8 Å². The lowest BCUT2D eigenvalue weighted by Crippen LogP contribution is -1.98. The Morgan fingerprint density at radius 3 is 2.78 bits per heavy atom. The molecule has 1 saturated heterocycles. The molecule has 2 rings (SSSR count). The second kappa shape index (κ2) is 5.49. The van der Waals surface area contributed by atoms with Crippen LogP contribution in [-0.2, 0) is 14.3 Å². The summed E-state index contributed by atoms with van der Waals surface area (Å²) in [5.41, 5.74) is 1.15. The average Bonchev–Trinajstić information content (AvgIpc) is 2.67. The average molecular weight is 246 g/mol. The van der Waals surface area contributed by atoms with Gasteiger partial charge in [0.1, 0.15) is 5.75 Å². The number of hydrogen-bond acceptors (Lipinski definition) is 4. The molecular weight excluding hydrogens is 232 g/mol. The van der Waals surface area contributed by atoms with Crippen molar-refractivity contribution in [1.82, 2.24) is 0 Å². The van der Waals surface area contributed by atoms with Crippen molar-refractivity contribution in [3.63, 3.8) is 0 Å². The van der Waals surface area contributed by atoms with Gasteiger partial charge in [-0.15, -0.1) is 0 Å². The summed E-state index contributed by atoms with van der Waals surface area (Å²) in [6, 6.07) is 7.40. The molecule has 1 aliphatic rings. The minimum Gasteiger partial charge on any atom is -0.493 e. The van der Waals surface area contributed by atoms with E-state index in [-0.39, 0.29) is 6.42 Å². The van der Waals surface area contributed by atoms with Gasteiger partial charge in [-0.2, -0.15) is 0 Å². The lowest BCUT2D eigenvalue weighted by atomic mass is 10.1. The molecule has 1 aromatic rings. The van der Waals surface area contributed by atoms with Gasteiger partial charge in [-0.05, 0) is 18.6 Å². The molecule has 0 spiro atoms. The van der Waals surface area contributed by atoms with Gasteiger partial charge < -0.3 is 9.47 Å². The van der Waals surface area contributed by atoms with E-state index < -0.39 is 11.9 Å². The van der Waals surface area contributed by atoms with Crippen LogP contribution in [0, 0.1) is 0 Å². The maximum atomic E-state index is 11.4. The monoisotopic (exact) mass is 246 g/mol. The zero-order valence-electron chi connectivity index (χ0n) is 10.1. The molecule has 0 bridgehead atoms. The summed E-state index contributed by atoms with van der Waals surface area (Å²) in [6.45, 7) is 2.64. The standard InChI is InChI=1S/C14H14O4/c1-2-7-17-12-6-4-3-5-10(12)8-11-9-13(15)18-14(11)16/h3-6,8H,2,7,9H2,1H3/b11-8+. The Morgan fingerprint density at radius 1 is 1.33 bits per heavy atom. The first-order valence-corrected chi connectivity index (χ1v) is 5.88. The molecule has 18 heavy (non-hydrogen) atoms. The van der Waals surface area contributed by atoms with Gasteiger partial charge in [0.05, 0.1) is 13.0 Å². The molecule has 0 atom stereocenters.